The third-order valence-corrected chi connectivity index (χ3v) is 3.68. The zero-order chi connectivity index (χ0) is 16.1. The number of dihydropyridines is 1. The van der Waals surface area contributed by atoms with E-state index in [1.807, 2.05) is 36.4 Å². The van der Waals surface area contributed by atoms with Crippen molar-refractivity contribution in [2.45, 2.75) is 12.1 Å². The summed E-state index contributed by atoms with van der Waals surface area (Å²) in [7, 11) is 0. The summed E-state index contributed by atoms with van der Waals surface area (Å²) in [6.45, 7) is 0.105. The Kier molecular flexibility index (Phi) is 4.21. The van der Waals surface area contributed by atoms with E-state index in [2.05, 4.69) is 10.3 Å². The van der Waals surface area contributed by atoms with Gasteiger partial charge < -0.3 is 5.32 Å². The highest BCUT2D eigenvalue weighted by Crippen LogP contribution is 2.26. The fourth-order valence-electron chi connectivity index (χ4n) is 2.51. The number of carbonyl (C=O) groups excluding carboxylic acids is 1. The number of hydrogen-bond donors (Lipinski definition) is 2. The van der Waals surface area contributed by atoms with Gasteiger partial charge in [-0.3, -0.25) is 15.0 Å². The molecule has 1 aliphatic rings. The van der Waals surface area contributed by atoms with Crippen LogP contribution in [0.15, 0.2) is 79.2 Å². The summed E-state index contributed by atoms with van der Waals surface area (Å²) in [4.78, 5) is 17.2. The number of nitrogens with one attached hydrogen (secondary N) is 1. The Morgan fingerprint density at radius 2 is 1.91 bits per heavy atom. The molecule has 2 N–H and O–H groups in total. The molecule has 1 atom stereocenters. The molecule has 2 heterocycles. The summed E-state index contributed by atoms with van der Waals surface area (Å²) < 4.78 is 0. The summed E-state index contributed by atoms with van der Waals surface area (Å²) in [6.07, 6.45) is 8.54. The minimum atomic E-state index is -1.21. The maximum absolute atomic E-state index is 12.9. The number of carbonyl (C=O) groups is 1. The Morgan fingerprint density at radius 3 is 2.57 bits per heavy atom. The smallest absolute Gasteiger partial charge is 0.282 e. The van der Waals surface area contributed by atoms with E-state index in [1.54, 1.807) is 42.8 Å². The molecule has 1 aromatic carbocycles. The highest BCUT2D eigenvalue weighted by molar-refractivity contribution is 5.89. The van der Waals surface area contributed by atoms with Gasteiger partial charge in [0.2, 0.25) is 0 Å². The molecule has 0 spiro atoms. The quantitative estimate of drug-likeness (QED) is 0.672. The van der Waals surface area contributed by atoms with Crippen LogP contribution in [0.5, 0.6) is 0 Å². The van der Waals surface area contributed by atoms with E-state index in [9.17, 15) is 10.0 Å². The van der Waals surface area contributed by atoms with Crippen LogP contribution in [-0.2, 0) is 16.9 Å². The highest BCUT2D eigenvalue weighted by atomic mass is 16.5. The second-order valence-electron chi connectivity index (χ2n) is 5.23. The minimum Gasteiger partial charge on any atom is -0.369 e. The van der Waals surface area contributed by atoms with Gasteiger partial charge in [0.1, 0.15) is 0 Å². The molecule has 0 aliphatic carbocycles. The average molecular weight is 307 g/mol. The zero-order valence-corrected chi connectivity index (χ0v) is 12.5. The molecule has 1 amide bonds. The Hall–Kier alpha value is -2.92. The van der Waals surface area contributed by atoms with Gasteiger partial charge in [-0.25, -0.2) is 5.06 Å². The molecule has 1 aliphatic heterocycles. The van der Waals surface area contributed by atoms with E-state index in [-0.39, 0.29) is 6.54 Å². The first-order valence-electron chi connectivity index (χ1n) is 7.31. The van der Waals surface area contributed by atoms with Crippen LogP contribution >= 0.6 is 0 Å². The molecule has 5 nitrogen and oxygen atoms in total. The van der Waals surface area contributed by atoms with Crippen LogP contribution in [-0.4, -0.2) is 21.2 Å². The fourth-order valence-corrected chi connectivity index (χ4v) is 2.51. The summed E-state index contributed by atoms with van der Waals surface area (Å²) in [5.41, 5.74) is 0.159. The summed E-state index contributed by atoms with van der Waals surface area (Å²) >= 11 is 0. The average Bonchev–Trinajstić information content (AvgIpc) is 2.63. The van der Waals surface area contributed by atoms with Crippen LogP contribution in [0.2, 0.25) is 0 Å². The number of amides is 1. The minimum absolute atomic E-state index is 0.105. The lowest BCUT2D eigenvalue weighted by molar-refractivity contribution is -0.174. The standard InChI is InChI=1S/C18H17N3O2/c22-17(21(23)14-15-8-2-1-3-9-15)18(11-5-7-13-20-18)16-10-4-6-12-19-16/h1-13,20,23H,14H2. The largest absolute Gasteiger partial charge is 0.369 e. The van der Waals surface area contributed by atoms with Crippen molar-refractivity contribution in [2.24, 2.45) is 0 Å². The molecule has 0 saturated heterocycles. The van der Waals surface area contributed by atoms with Crippen molar-refractivity contribution in [1.29, 1.82) is 0 Å². The molecule has 0 radical (unpaired) electrons. The topological polar surface area (TPSA) is 65.5 Å². The van der Waals surface area contributed by atoms with Gasteiger partial charge in [0.05, 0.1) is 12.2 Å². The third-order valence-electron chi connectivity index (χ3n) is 3.68. The molecule has 1 aromatic heterocycles. The third kappa shape index (κ3) is 3.00. The van der Waals surface area contributed by atoms with E-state index in [4.69, 9.17) is 0 Å². The predicted molar refractivity (Wildman–Crippen MR) is 86.1 cm³/mol. The van der Waals surface area contributed by atoms with Gasteiger partial charge in [0.15, 0.2) is 5.54 Å². The molecule has 0 fully saturated rings. The maximum Gasteiger partial charge on any atom is 0.282 e. The summed E-state index contributed by atoms with van der Waals surface area (Å²) in [5, 5.41) is 14.1. The molecule has 2 aromatic rings. The number of pyridine rings is 1. The molecule has 116 valence electrons. The first-order chi connectivity index (χ1) is 11.2. The van der Waals surface area contributed by atoms with E-state index < -0.39 is 11.4 Å². The van der Waals surface area contributed by atoms with Crippen molar-refractivity contribution in [3.63, 3.8) is 0 Å². The van der Waals surface area contributed by atoms with Gasteiger partial charge >= 0.3 is 0 Å². The lowest BCUT2D eigenvalue weighted by atomic mass is 9.91. The second-order valence-corrected chi connectivity index (χ2v) is 5.23. The van der Waals surface area contributed by atoms with E-state index in [1.165, 1.54) is 0 Å². The molecule has 0 bridgehead atoms. The Balaban J connectivity index is 1.90. The number of rotatable bonds is 4. The molecule has 23 heavy (non-hydrogen) atoms. The van der Waals surface area contributed by atoms with Crippen LogP contribution < -0.4 is 5.32 Å². The lowest BCUT2D eigenvalue weighted by Crippen LogP contribution is -2.53. The number of aromatic nitrogens is 1. The van der Waals surface area contributed by atoms with Crippen LogP contribution in [0.1, 0.15) is 11.3 Å². The summed E-state index contributed by atoms with van der Waals surface area (Å²) in [5.74, 6) is -0.486. The first-order valence-corrected chi connectivity index (χ1v) is 7.31. The predicted octanol–water partition coefficient (Wildman–Crippen LogP) is 2.37. The van der Waals surface area contributed by atoms with Gasteiger partial charge in [0.25, 0.3) is 5.91 Å². The molecule has 5 heteroatoms. The number of hydrogen-bond acceptors (Lipinski definition) is 4. The van der Waals surface area contributed by atoms with Crippen LogP contribution in [0, 0.1) is 0 Å². The van der Waals surface area contributed by atoms with Crippen LogP contribution in [0.3, 0.4) is 0 Å². The summed E-state index contributed by atoms with van der Waals surface area (Å²) in [6, 6.07) is 14.7. The maximum atomic E-state index is 12.9. The molecular weight excluding hydrogens is 290 g/mol. The van der Waals surface area contributed by atoms with E-state index in [0.29, 0.717) is 5.69 Å². The van der Waals surface area contributed by atoms with E-state index in [0.717, 1.165) is 10.6 Å². The van der Waals surface area contributed by atoms with Crippen molar-refractivity contribution in [3.8, 4) is 0 Å². The highest BCUT2D eigenvalue weighted by Gasteiger charge is 2.42. The number of benzene rings is 1. The number of hydroxylamine groups is 2. The van der Waals surface area contributed by atoms with Crippen molar-refractivity contribution >= 4 is 5.91 Å². The van der Waals surface area contributed by atoms with Gasteiger partial charge in [-0.05, 0) is 36.0 Å². The van der Waals surface area contributed by atoms with Crippen LogP contribution in [0.4, 0.5) is 0 Å². The van der Waals surface area contributed by atoms with Crippen molar-refractivity contribution in [2.75, 3.05) is 0 Å². The molecular formula is C18H17N3O2. The van der Waals surface area contributed by atoms with Crippen molar-refractivity contribution in [3.05, 3.63) is 90.4 Å². The number of allylic oxidation sites excluding steroid dienone is 2. The van der Waals surface area contributed by atoms with E-state index >= 15 is 0 Å². The molecule has 3 rings (SSSR count). The van der Waals surface area contributed by atoms with Crippen molar-refractivity contribution < 1.29 is 10.0 Å². The monoisotopic (exact) mass is 307 g/mol. The van der Waals surface area contributed by atoms with Crippen molar-refractivity contribution in [1.82, 2.24) is 15.4 Å². The van der Waals surface area contributed by atoms with Crippen LogP contribution in [0.25, 0.3) is 0 Å². The Labute approximate surface area is 134 Å². The Bertz CT molecular complexity index is 728. The Morgan fingerprint density at radius 1 is 1.13 bits per heavy atom. The normalized spacial score (nSPS) is 19.2. The van der Waals surface area contributed by atoms with Gasteiger partial charge in [-0.1, -0.05) is 42.5 Å². The number of nitrogens with zero attached hydrogens (tertiary/aromatic N) is 2. The van der Waals surface area contributed by atoms with Gasteiger partial charge in [0, 0.05) is 6.20 Å². The van der Waals surface area contributed by atoms with Gasteiger partial charge in [-0.15, -0.1) is 0 Å². The SMILES string of the molecule is O=C(N(O)Cc1ccccc1)C1(c2ccccn2)C=CC=CN1. The molecule has 0 saturated carbocycles. The first kappa shape index (κ1) is 15.0. The fraction of sp³-hybridized carbons (Fsp3) is 0.111. The van der Waals surface area contributed by atoms with Gasteiger partial charge in [-0.2, -0.15) is 0 Å². The molecule has 1 unspecified atom stereocenters. The zero-order valence-electron chi connectivity index (χ0n) is 12.5. The lowest BCUT2D eigenvalue weighted by Gasteiger charge is -2.33. The second kappa shape index (κ2) is 6.46.